The second-order valence-electron chi connectivity index (χ2n) is 5.18. The highest BCUT2D eigenvalue weighted by atomic mass is 16.5. The van der Waals surface area contributed by atoms with E-state index in [9.17, 15) is 9.59 Å². The molecule has 3 N–H and O–H groups in total. The summed E-state index contributed by atoms with van der Waals surface area (Å²) in [5.74, 6) is -0.438. The van der Waals surface area contributed by atoms with E-state index >= 15 is 0 Å². The highest BCUT2D eigenvalue weighted by Gasteiger charge is 2.23. The number of urea groups is 1. The minimum absolute atomic E-state index is 0.114. The van der Waals surface area contributed by atoms with Gasteiger partial charge in [-0.05, 0) is 18.8 Å². The van der Waals surface area contributed by atoms with Gasteiger partial charge in [-0.2, -0.15) is 0 Å². The number of ether oxygens (including phenoxy) is 1. The Balaban J connectivity index is 2.28. The number of amides is 2. The van der Waals surface area contributed by atoms with Gasteiger partial charge in [0.1, 0.15) is 0 Å². The number of aliphatic carboxylic acids is 1. The van der Waals surface area contributed by atoms with Gasteiger partial charge in [0, 0.05) is 19.7 Å². The molecular formula is C13H24N2O4. The summed E-state index contributed by atoms with van der Waals surface area (Å²) in [4.78, 5) is 22.3. The minimum atomic E-state index is -0.935. The van der Waals surface area contributed by atoms with Gasteiger partial charge in [-0.15, -0.1) is 0 Å². The zero-order valence-electron chi connectivity index (χ0n) is 11.6. The van der Waals surface area contributed by atoms with Crippen molar-refractivity contribution in [3.8, 4) is 0 Å². The molecule has 0 aromatic carbocycles. The van der Waals surface area contributed by atoms with Gasteiger partial charge in [0.15, 0.2) is 0 Å². The lowest BCUT2D eigenvalue weighted by atomic mass is 9.86. The Labute approximate surface area is 113 Å². The third-order valence-electron chi connectivity index (χ3n) is 3.65. The van der Waals surface area contributed by atoms with Gasteiger partial charge >= 0.3 is 12.0 Å². The molecule has 110 valence electrons. The van der Waals surface area contributed by atoms with Crippen molar-refractivity contribution < 1.29 is 19.4 Å². The first kappa shape index (κ1) is 15.8. The summed E-state index contributed by atoms with van der Waals surface area (Å²) in [6.07, 6.45) is 3.92. The van der Waals surface area contributed by atoms with E-state index in [1.165, 1.54) is 13.5 Å². The molecule has 3 unspecified atom stereocenters. The smallest absolute Gasteiger partial charge is 0.315 e. The standard InChI is InChI=1S/C13H24N2O4/c1-9-5-3-4-6-11(9)15-13(18)14-8-10(19-2)7-12(16)17/h9-11H,3-8H2,1-2H3,(H,16,17)(H2,14,15,18). The number of carboxylic acids is 1. The lowest BCUT2D eigenvalue weighted by Gasteiger charge is -2.29. The van der Waals surface area contributed by atoms with Gasteiger partial charge in [-0.3, -0.25) is 4.79 Å². The van der Waals surface area contributed by atoms with Crippen LogP contribution in [0.2, 0.25) is 0 Å². The van der Waals surface area contributed by atoms with Gasteiger partial charge in [-0.1, -0.05) is 19.8 Å². The van der Waals surface area contributed by atoms with Crippen LogP contribution in [-0.4, -0.2) is 42.9 Å². The van der Waals surface area contributed by atoms with Gasteiger partial charge in [0.05, 0.1) is 12.5 Å². The van der Waals surface area contributed by atoms with Crippen LogP contribution in [0.25, 0.3) is 0 Å². The number of carbonyl (C=O) groups excluding carboxylic acids is 1. The Hall–Kier alpha value is -1.30. The number of hydrogen-bond donors (Lipinski definition) is 3. The quantitative estimate of drug-likeness (QED) is 0.681. The number of nitrogens with one attached hydrogen (secondary N) is 2. The summed E-state index contributed by atoms with van der Waals surface area (Å²) in [6.45, 7) is 2.35. The van der Waals surface area contributed by atoms with E-state index in [4.69, 9.17) is 9.84 Å². The first-order chi connectivity index (χ1) is 9.02. The number of carbonyl (C=O) groups is 2. The predicted octanol–water partition coefficient (Wildman–Crippen LogP) is 1.35. The van der Waals surface area contributed by atoms with Crippen molar-refractivity contribution in [2.45, 2.75) is 51.2 Å². The third kappa shape index (κ3) is 5.92. The van der Waals surface area contributed by atoms with Crippen molar-refractivity contribution in [1.82, 2.24) is 10.6 Å². The molecule has 6 nitrogen and oxygen atoms in total. The molecule has 0 heterocycles. The first-order valence-corrected chi connectivity index (χ1v) is 6.82. The van der Waals surface area contributed by atoms with E-state index < -0.39 is 12.1 Å². The van der Waals surface area contributed by atoms with Gasteiger partial charge in [0.25, 0.3) is 0 Å². The van der Waals surface area contributed by atoms with E-state index in [0.717, 1.165) is 19.3 Å². The fourth-order valence-electron chi connectivity index (χ4n) is 2.39. The lowest BCUT2D eigenvalue weighted by Crippen LogP contribution is -2.48. The van der Waals surface area contributed by atoms with Crippen LogP contribution in [0.5, 0.6) is 0 Å². The van der Waals surface area contributed by atoms with E-state index in [2.05, 4.69) is 17.6 Å². The summed E-state index contributed by atoms with van der Waals surface area (Å²) in [6, 6.07) is -0.0274. The fraction of sp³-hybridized carbons (Fsp3) is 0.846. The maximum Gasteiger partial charge on any atom is 0.315 e. The molecule has 0 spiro atoms. The molecule has 2 amide bonds. The summed E-state index contributed by atoms with van der Waals surface area (Å²) in [7, 11) is 1.44. The monoisotopic (exact) mass is 272 g/mol. The van der Waals surface area contributed by atoms with E-state index in [0.29, 0.717) is 5.92 Å². The Kier molecular flexibility index (Phi) is 6.62. The van der Waals surface area contributed by atoms with Crippen molar-refractivity contribution >= 4 is 12.0 Å². The molecule has 0 bridgehead atoms. The van der Waals surface area contributed by atoms with Crippen LogP contribution in [0.3, 0.4) is 0 Å². The number of rotatable bonds is 6. The molecule has 19 heavy (non-hydrogen) atoms. The maximum atomic E-state index is 11.7. The molecule has 0 aromatic rings. The van der Waals surface area contributed by atoms with E-state index in [1.807, 2.05) is 0 Å². The summed E-state index contributed by atoms with van der Waals surface area (Å²) in [5, 5.41) is 14.3. The van der Waals surface area contributed by atoms with Crippen molar-refractivity contribution in [2.75, 3.05) is 13.7 Å². The Morgan fingerprint density at radius 2 is 2.05 bits per heavy atom. The summed E-state index contributed by atoms with van der Waals surface area (Å²) < 4.78 is 5.00. The Bertz CT molecular complexity index is 309. The molecule has 1 rings (SSSR count). The van der Waals surface area contributed by atoms with Gasteiger partial charge in [0.2, 0.25) is 0 Å². The van der Waals surface area contributed by atoms with E-state index in [-0.39, 0.29) is 25.0 Å². The van der Waals surface area contributed by atoms with E-state index in [1.54, 1.807) is 0 Å². The molecule has 3 atom stereocenters. The molecule has 0 radical (unpaired) electrons. The van der Waals surface area contributed by atoms with Crippen LogP contribution in [-0.2, 0) is 9.53 Å². The second-order valence-corrected chi connectivity index (χ2v) is 5.18. The largest absolute Gasteiger partial charge is 0.481 e. The molecule has 1 saturated carbocycles. The van der Waals surface area contributed by atoms with Crippen molar-refractivity contribution in [3.05, 3.63) is 0 Å². The SMILES string of the molecule is COC(CNC(=O)NC1CCCCC1C)CC(=O)O. The normalized spacial score (nSPS) is 24.5. The Morgan fingerprint density at radius 1 is 1.37 bits per heavy atom. The van der Waals surface area contributed by atoms with Crippen molar-refractivity contribution in [3.63, 3.8) is 0 Å². The van der Waals surface area contributed by atoms with Crippen LogP contribution in [0.1, 0.15) is 39.0 Å². The molecule has 6 heteroatoms. The van der Waals surface area contributed by atoms with Gasteiger partial charge in [-0.25, -0.2) is 4.79 Å². The lowest BCUT2D eigenvalue weighted by molar-refractivity contribution is -0.139. The number of methoxy groups -OCH3 is 1. The molecule has 0 aromatic heterocycles. The molecule has 1 aliphatic rings. The van der Waals surface area contributed by atoms with Crippen LogP contribution in [0.4, 0.5) is 4.79 Å². The molecule has 1 aliphatic carbocycles. The second kappa shape index (κ2) is 7.99. The van der Waals surface area contributed by atoms with Gasteiger partial charge < -0.3 is 20.5 Å². The topological polar surface area (TPSA) is 87.7 Å². The maximum absolute atomic E-state index is 11.7. The predicted molar refractivity (Wildman–Crippen MR) is 71.0 cm³/mol. The highest BCUT2D eigenvalue weighted by molar-refractivity contribution is 5.74. The third-order valence-corrected chi connectivity index (χ3v) is 3.65. The fourth-order valence-corrected chi connectivity index (χ4v) is 2.39. The van der Waals surface area contributed by atoms with Crippen molar-refractivity contribution in [2.24, 2.45) is 5.92 Å². The molecular weight excluding hydrogens is 248 g/mol. The number of hydrogen-bond acceptors (Lipinski definition) is 3. The van der Waals surface area contributed by atoms with Crippen LogP contribution < -0.4 is 10.6 Å². The summed E-state index contributed by atoms with van der Waals surface area (Å²) in [5.41, 5.74) is 0. The van der Waals surface area contributed by atoms with Crippen LogP contribution in [0.15, 0.2) is 0 Å². The average Bonchev–Trinajstić information content (AvgIpc) is 2.37. The summed E-state index contributed by atoms with van der Waals surface area (Å²) >= 11 is 0. The Morgan fingerprint density at radius 3 is 2.63 bits per heavy atom. The minimum Gasteiger partial charge on any atom is -0.481 e. The molecule has 0 saturated heterocycles. The molecule has 1 fully saturated rings. The van der Waals surface area contributed by atoms with Crippen LogP contribution in [0, 0.1) is 5.92 Å². The number of carboxylic acid groups (broad SMARTS) is 1. The first-order valence-electron chi connectivity index (χ1n) is 6.82. The van der Waals surface area contributed by atoms with Crippen molar-refractivity contribution in [1.29, 1.82) is 0 Å². The molecule has 0 aliphatic heterocycles. The zero-order chi connectivity index (χ0) is 14.3. The zero-order valence-corrected chi connectivity index (χ0v) is 11.6. The average molecular weight is 272 g/mol. The highest BCUT2D eigenvalue weighted by Crippen LogP contribution is 2.23. The van der Waals surface area contributed by atoms with Crippen LogP contribution >= 0.6 is 0 Å².